The average Bonchev–Trinajstić information content (AvgIpc) is 3.57. The molecule has 1 aromatic carbocycles. The van der Waals surface area contributed by atoms with Crippen LogP contribution in [0.1, 0.15) is 5.56 Å². The Labute approximate surface area is 200 Å². The van der Waals surface area contributed by atoms with Crippen molar-refractivity contribution >= 4 is 12.0 Å². The molecule has 0 radical (unpaired) electrons. The lowest BCUT2D eigenvalue weighted by Crippen LogP contribution is -2.60. The van der Waals surface area contributed by atoms with Crippen LogP contribution in [0.5, 0.6) is 0 Å². The van der Waals surface area contributed by atoms with Crippen LogP contribution in [-0.4, -0.2) is 99.5 Å². The summed E-state index contributed by atoms with van der Waals surface area (Å²) in [7, 11) is 0. The van der Waals surface area contributed by atoms with Gasteiger partial charge in [0.1, 0.15) is 42.7 Å². The van der Waals surface area contributed by atoms with E-state index in [4.69, 9.17) is 23.7 Å². The van der Waals surface area contributed by atoms with Crippen molar-refractivity contribution in [3.05, 3.63) is 54.3 Å². The molecule has 7 unspecified atom stereocenters. The standard InChI is InChI=1S/C24H28O11/c25-11-24-16-13(17(27)21(24)35-24)8-9-31-22(16)34-23-20(30)19(29)18(28)14(33-23)10-32-15(26)7-6-12-4-2-1-3-5-12/h1-9,13-14,16-23,25,27-30H,10-11H2/b7-6+/t13?,14?,16?,17-,18?,19?,20?,21-,22-,23?,24-/m0/s1. The van der Waals surface area contributed by atoms with Crippen molar-refractivity contribution in [2.24, 2.45) is 11.8 Å². The number of ether oxygens (including phenoxy) is 5. The fourth-order valence-electron chi connectivity index (χ4n) is 5.10. The van der Waals surface area contributed by atoms with E-state index in [1.165, 1.54) is 12.3 Å². The largest absolute Gasteiger partial charge is 0.472 e. The molecular weight excluding hydrogens is 464 g/mol. The van der Waals surface area contributed by atoms with Gasteiger partial charge in [0.05, 0.1) is 24.9 Å². The summed E-state index contributed by atoms with van der Waals surface area (Å²) in [6, 6.07) is 9.11. The smallest absolute Gasteiger partial charge is 0.330 e. The zero-order chi connectivity index (χ0) is 24.7. The van der Waals surface area contributed by atoms with Gasteiger partial charge >= 0.3 is 5.97 Å². The second kappa shape index (κ2) is 9.60. The van der Waals surface area contributed by atoms with Gasteiger partial charge in [0.15, 0.2) is 6.29 Å². The Morgan fingerprint density at radius 2 is 1.80 bits per heavy atom. The molecule has 1 aliphatic carbocycles. The molecule has 11 atom stereocenters. The molecule has 3 heterocycles. The Kier molecular flexibility index (Phi) is 6.68. The molecule has 0 amide bonds. The summed E-state index contributed by atoms with van der Waals surface area (Å²) in [5, 5.41) is 51.5. The van der Waals surface area contributed by atoms with Gasteiger partial charge in [0.25, 0.3) is 0 Å². The number of esters is 1. The molecule has 0 aromatic heterocycles. The molecule has 11 heteroatoms. The van der Waals surface area contributed by atoms with E-state index < -0.39 is 79.2 Å². The number of carbonyl (C=O) groups excluding carboxylic acids is 1. The molecule has 35 heavy (non-hydrogen) atoms. The Bertz CT molecular complexity index is 967. The van der Waals surface area contributed by atoms with E-state index in [0.29, 0.717) is 0 Å². The quantitative estimate of drug-likeness (QED) is 0.174. The van der Waals surface area contributed by atoms with Gasteiger partial charge in [-0.05, 0) is 17.7 Å². The average molecular weight is 492 g/mol. The van der Waals surface area contributed by atoms with Crippen LogP contribution in [0, 0.1) is 11.8 Å². The number of fused-ring (bicyclic) bond motifs is 3. The topological polar surface area (TPSA) is 168 Å². The van der Waals surface area contributed by atoms with Crippen molar-refractivity contribution in [2.45, 2.75) is 54.8 Å². The molecule has 2 saturated heterocycles. The minimum Gasteiger partial charge on any atom is -0.472 e. The number of aliphatic hydroxyl groups excluding tert-OH is 5. The second-order valence-electron chi connectivity index (χ2n) is 9.10. The monoisotopic (exact) mass is 492 g/mol. The van der Waals surface area contributed by atoms with E-state index in [1.807, 2.05) is 30.3 Å². The summed E-state index contributed by atoms with van der Waals surface area (Å²) in [6.07, 6.45) is -4.23. The minimum atomic E-state index is -1.65. The highest BCUT2D eigenvalue weighted by Gasteiger charge is 2.75. The van der Waals surface area contributed by atoms with Gasteiger partial charge < -0.3 is 49.2 Å². The number of rotatable bonds is 7. The maximum absolute atomic E-state index is 12.1. The summed E-state index contributed by atoms with van der Waals surface area (Å²) >= 11 is 0. The van der Waals surface area contributed by atoms with Crippen LogP contribution in [0.25, 0.3) is 6.08 Å². The summed E-state index contributed by atoms with van der Waals surface area (Å²) in [5.41, 5.74) is -0.248. The predicted octanol–water partition coefficient (Wildman–Crippen LogP) is -1.33. The van der Waals surface area contributed by atoms with Crippen LogP contribution in [0.4, 0.5) is 0 Å². The van der Waals surface area contributed by atoms with E-state index >= 15 is 0 Å². The summed E-state index contributed by atoms with van der Waals surface area (Å²) in [6.45, 7) is -0.776. The molecule has 0 spiro atoms. The van der Waals surface area contributed by atoms with Crippen molar-refractivity contribution in [2.75, 3.05) is 13.2 Å². The fraction of sp³-hybridized carbons (Fsp3) is 0.542. The van der Waals surface area contributed by atoms with E-state index in [9.17, 15) is 30.3 Å². The van der Waals surface area contributed by atoms with E-state index in [0.717, 1.165) is 5.56 Å². The van der Waals surface area contributed by atoms with Crippen LogP contribution in [0.3, 0.4) is 0 Å². The Hall–Kier alpha value is -2.35. The van der Waals surface area contributed by atoms with Gasteiger partial charge in [0.2, 0.25) is 6.29 Å². The third kappa shape index (κ3) is 4.39. The first-order valence-corrected chi connectivity index (χ1v) is 11.4. The van der Waals surface area contributed by atoms with Gasteiger partial charge in [-0.2, -0.15) is 0 Å². The number of epoxide rings is 1. The van der Waals surface area contributed by atoms with Crippen LogP contribution >= 0.6 is 0 Å². The van der Waals surface area contributed by atoms with Gasteiger partial charge in [0, 0.05) is 12.0 Å². The van der Waals surface area contributed by atoms with Gasteiger partial charge in [-0.3, -0.25) is 0 Å². The molecule has 3 fully saturated rings. The van der Waals surface area contributed by atoms with Crippen molar-refractivity contribution < 1.29 is 54.0 Å². The summed E-state index contributed by atoms with van der Waals surface area (Å²) < 4.78 is 27.7. The van der Waals surface area contributed by atoms with Gasteiger partial charge in [-0.15, -0.1) is 0 Å². The molecule has 3 aliphatic heterocycles. The van der Waals surface area contributed by atoms with Crippen molar-refractivity contribution in [3.8, 4) is 0 Å². The van der Waals surface area contributed by atoms with E-state index in [2.05, 4.69) is 0 Å². The van der Waals surface area contributed by atoms with Gasteiger partial charge in [-0.25, -0.2) is 4.79 Å². The molecule has 4 aliphatic rings. The highest BCUT2D eigenvalue weighted by atomic mass is 16.8. The molecule has 190 valence electrons. The second-order valence-corrected chi connectivity index (χ2v) is 9.10. The fourth-order valence-corrected chi connectivity index (χ4v) is 5.10. The molecule has 11 nitrogen and oxygen atoms in total. The third-order valence-electron chi connectivity index (χ3n) is 7.05. The highest BCUT2D eigenvalue weighted by Crippen LogP contribution is 2.59. The van der Waals surface area contributed by atoms with Crippen molar-refractivity contribution in [3.63, 3.8) is 0 Å². The predicted molar refractivity (Wildman–Crippen MR) is 116 cm³/mol. The molecule has 1 saturated carbocycles. The van der Waals surface area contributed by atoms with Crippen LogP contribution in [-0.2, 0) is 28.5 Å². The lowest BCUT2D eigenvalue weighted by Gasteiger charge is -2.43. The Morgan fingerprint density at radius 3 is 2.54 bits per heavy atom. The van der Waals surface area contributed by atoms with Crippen LogP contribution in [0.2, 0.25) is 0 Å². The van der Waals surface area contributed by atoms with Gasteiger partial charge in [-0.1, -0.05) is 30.3 Å². The minimum absolute atomic E-state index is 0.364. The number of benzene rings is 1. The zero-order valence-corrected chi connectivity index (χ0v) is 18.6. The zero-order valence-electron chi connectivity index (χ0n) is 18.6. The summed E-state index contributed by atoms with van der Waals surface area (Å²) in [5.74, 6) is -1.70. The lowest BCUT2D eigenvalue weighted by atomic mass is 9.85. The molecule has 5 N–H and O–H groups in total. The Balaban J connectivity index is 1.22. The normalized spacial score (nSPS) is 43.9. The van der Waals surface area contributed by atoms with Crippen molar-refractivity contribution in [1.29, 1.82) is 0 Å². The number of hydrogen-bond acceptors (Lipinski definition) is 11. The SMILES string of the molecule is O=C(/C=C/c1ccccc1)OCC1OC(O[C@@H]2OC=CC3C2[C@]2(CO)O[C@H]2[C@H]3O)C(O)C(O)C1O. The molecular formula is C24H28O11. The van der Waals surface area contributed by atoms with Crippen LogP contribution in [0.15, 0.2) is 48.7 Å². The molecule has 5 rings (SSSR count). The summed E-state index contributed by atoms with van der Waals surface area (Å²) in [4.78, 5) is 12.1. The van der Waals surface area contributed by atoms with E-state index in [1.54, 1.807) is 12.2 Å². The lowest BCUT2D eigenvalue weighted by molar-refractivity contribution is -0.344. The number of hydrogen-bond donors (Lipinski definition) is 5. The first-order chi connectivity index (χ1) is 16.9. The highest BCUT2D eigenvalue weighted by molar-refractivity contribution is 5.87. The first kappa shape index (κ1) is 24.3. The third-order valence-corrected chi connectivity index (χ3v) is 7.05. The number of aliphatic hydroxyl groups is 5. The molecule has 1 aromatic rings. The van der Waals surface area contributed by atoms with E-state index in [-0.39, 0.29) is 6.61 Å². The van der Waals surface area contributed by atoms with Crippen molar-refractivity contribution in [1.82, 2.24) is 0 Å². The molecule has 0 bridgehead atoms. The first-order valence-electron chi connectivity index (χ1n) is 11.4. The van der Waals surface area contributed by atoms with Crippen LogP contribution < -0.4 is 0 Å². The number of carbonyl (C=O) groups is 1. The maximum atomic E-state index is 12.1. The maximum Gasteiger partial charge on any atom is 0.330 e. The Morgan fingerprint density at radius 1 is 1.03 bits per heavy atom.